The van der Waals surface area contributed by atoms with Crippen LogP contribution in [0.25, 0.3) is 0 Å². The Morgan fingerprint density at radius 1 is 0.846 bits per heavy atom. The summed E-state index contributed by atoms with van der Waals surface area (Å²) in [7, 11) is 0. The number of nitrogens with zero attached hydrogens (tertiary/aromatic N) is 1. The third-order valence-electron chi connectivity index (χ3n) is 4.04. The molecule has 3 aliphatic rings. The number of nitrogens with two attached hydrogens (primary N) is 1. The van der Waals surface area contributed by atoms with E-state index >= 15 is 0 Å². The van der Waals surface area contributed by atoms with Crippen LogP contribution in [0, 0.1) is 0 Å². The van der Waals surface area contributed by atoms with Crippen LogP contribution in [-0.2, 0) is 0 Å². The molecule has 0 aromatic rings. The molecular weight excluding hydrogens is 160 g/mol. The molecule has 0 radical (unpaired) electrons. The van der Waals surface area contributed by atoms with Crippen molar-refractivity contribution in [1.82, 2.24) is 4.90 Å². The quantitative estimate of drug-likeness (QED) is 0.662. The summed E-state index contributed by atoms with van der Waals surface area (Å²) in [5.41, 5.74) is 6.08. The third kappa shape index (κ3) is 1.40. The van der Waals surface area contributed by atoms with Crippen molar-refractivity contribution in [2.24, 2.45) is 5.73 Å². The van der Waals surface area contributed by atoms with Gasteiger partial charge in [0, 0.05) is 24.2 Å². The molecule has 2 unspecified atom stereocenters. The van der Waals surface area contributed by atoms with Crippen molar-refractivity contribution in [2.45, 2.75) is 69.1 Å². The van der Waals surface area contributed by atoms with Crippen molar-refractivity contribution in [3.05, 3.63) is 0 Å². The van der Waals surface area contributed by atoms with Gasteiger partial charge in [-0.25, -0.2) is 0 Å². The van der Waals surface area contributed by atoms with Gasteiger partial charge in [-0.1, -0.05) is 6.42 Å². The van der Waals surface area contributed by atoms with E-state index in [4.69, 9.17) is 5.73 Å². The molecule has 3 rings (SSSR count). The predicted molar refractivity (Wildman–Crippen MR) is 53.5 cm³/mol. The summed E-state index contributed by atoms with van der Waals surface area (Å²) in [4.78, 5) is 2.83. The van der Waals surface area contributed by atoms with Gasteiger partial charge in [-0.15, -0.1) is 0 Å². The molecule has 2 nitrogen and oxygen atoms in total. The molecule has 2 bridgehead atoms. The summed E-state index contributed by atoms with van der Waals surface area (Å²) in [5, 5.41) is 0. The fourth-order valence-corrected chi connectivity index (χ4v) is 3.43. The Balaban J connectivity index is 1.78. The summed E-state index contributed by atoms with van der Waals surface area (Å²) in [6, 6.07) is 3.18. The Labute approximate surface area is 80.5 Å². The van der Waals surface area contributed by atoms with Gasteiger partial charge < -0.3 is 5.73 Å². The summed E-state index contributed by atoms with van der Waals surface area (Å²) in [6.07, 6.45) is 9.75. The van der Waals surface area contributed by atoms with Gasteiger partial charge in [0.25, 0.3) is 0 Å². The lowest BCUT2D eigenvalue weighted by atomic mass is 9.82. The van der Waals surface area contributed by atoms with Gasteiger partial charge in [0.15, 0.2) is 0 Å². The maximum Gasteiger partial charge on any atom is 0.0116 e. The summed E-state index contributed by atoms with van der Waals surface area (Å²) in [6.45, 7) is 0. The molecule has 13 heavy (non-hydrogen) atoms. The molecule has 2 aliphatic heterocycles. The molecule has 0 amide bonds. The monoisotopic (exact) mass is 180 g/mol. The smallest absolute Gasteiger partial charge is 0.0116 e. The van der Waals surface area contributed by atoms with Gasteiger partial charge in [-0.05, 0) is 38.5 Å². The lowest BCUT2D eigenvalue weighted by molar-refractivity contribution is 0.0242. The van der Waals surface area contributed by atoms with Gasteiger partial charge in [-0.3, -0.25) is 4.90 Å². The zero-order valence-electron chi connectivity index (χ0n) is 8.28. The van der Waals surface area contributed by atoms with E-state index < -0.39 is 0 Å². The maximum absolute atomic E-state index is 6.08. The topological polar surface area (TPSA) is 29.3 Å². The van der Waals surface area contributed by atoms with Crippen LogP contribution >= 0.6 is 0 Å². The van der Waals surface area contributed by atoms with Crippen molar-refractivity contribution in [2.75, 3.05) is 0 Å². The van der Waals surface area contributed by atoms with E-state index in [-0.39, 0.29) is 0 Å². The molecule has 1 saturated carbocycles. The molecule has 2 heteroatoms. The molecule has 2 saturated heterocycles. The molecule has 2 N–H and O–H groups in total. The van der Waals surface area contributed by atoms with Crippen molar-refractivity contribution in [3.8, 4) is 0 Å². The molecule has 3 fully saturated rings. The molecule has 2 atom stereocenters. The van der Waals surface area contributed by atoms with Gasteiger partial charge >= 0.3 is 0 Å². The largest absolute Gasteiger partial charge is 0.328 e. The minimum absolute atomic E-state index is 0.505. The normalized spacial score (nSPS) is 46.4. The van der Waals surface area contributed by atoms with Crippen LogP contribution in [-0.4, -0.2) is 29.1 Å². The van der Waals surface area contributed by atoms with E-state index in [0.717, 1.165) is 18.1 Å². The first-order valence-corrected chi connectivity index (χ1v) is 5.87. The summed E-state index contributed by atoms with van der Waals surface area (Å²) >= 11 is 0. The highest BCUT2D eigenvalue weighted by Crippen LogP contribution is 2.41. The Morgan fingerprint density at radius 2 is 1.46 bits per heavy atom. The molecule has 0 spiro atoms. The zero-order valence-corrected chi connectivity index (χ0v) is 8.28. The third-order valence-corrected chi connectivity index (χ3v) is 4.04. The highest BCUT2D eigenvalue weighted by atomic mass is 15.3. The second-order valence-electron chi connectivity index (χ2n) is 5.15. The average molecular weight is 180 g/mol. The SMILES string of the molecule is NC1CC2CCCC(C1)N2C1CC1. The minimum atomic E-state index is 0.505. The summed E-state index contributed by atoms with van der Waals surface area (Å²) < 4.78 is 0. The van der Waals surface area contributed by atoms with Crippen LogP contribution in [0.5, 0.6) is 0 Å². The molecule has 74 valence electrons. The Kier molecular flexibility index (Phi) is 1.88. The van der Waals surface area contributed by atoms with E-state index in [1.807, 2.05) is 0 Å². The van der Waals surface area contributed by atoms with Crippen LogP contribution in [0.1, 0.15) is 44.9 Å². The van der Waals surface area contributed by atoms with Crippen molar-refractivity contribution in [3.63, 3.8) is 0 Å². The van der Waals surface area contributed by atoms with E-state index in [0.29, 0.717) is 6.04 Å². The number of piperidine rings is 2. The van der Waals surface area contributed by atoms with Crippen LogP contribution in [0.2, 0.25) is 0 Å². The fourth-order valence-electron chi connectivity index (χ4n) is 3.43. The Bertz CT molecular complexity index is 186. The molecular formula is C11H20N2. The van der Waals surface area contributed by atoms with Crippen LogP contribution in [0.4, 0.5) is 0 Å². The van der Waals surface area contributed by atoms with E-state index in [9.17, 15) is 0 Å². The highest BCUT2D eigenvalue weighted by molar-refractivity contribution is 5.00. The number of hydrogen-bond acceptors (Lipinski definition) is 2. The number of fused-ring (bicyclic) bond motifs is 2. The van der Waals surface area contributed by atoms with E-state index in [1.165, 1.54) is 44.9 Å². The molecule has 2 heterocycles. The maximum atomic E-state index is 6.08. The predicted octanol–water partition coefficient (Wildman–Crippen LogP) is 1.49. The molecule has 0 aromatic heterocycles. The zero-order chi connectivity index (χ0) is 8.84. The first-order valence-electron chi connectivity index (χ1n) is 5.87. The van der Waals surface area contributed by atoms with Crippen LogP contribution in [0.3, 0.4) is 0 Å². The number of rotatable bonds is 1. The summed E-state index contributed by atoms with van der Waals surface area (Å²) in [5.74, 6) is 0. The Morgan fingerprint density at radius 3 is 2.00 bits per heavy atom. The standard InChI is InChI=1S/C11H20N2/c12-8-6-10-2-1-3-11(7-8)13(10)9-4-5-9/h8-11H,1-7,12H2. The minimum Gasteiger partial charge on any atom is -0.328 e. The lowest BCUT2D eigenvalue weighted by Gasteiger charge is -2.48. The van der Waals surface area contributed by atoms with Crippen LogP contribution < -0.4 is 5.73 Å². The van der Waals surface area contributed by atoms with E-state index in [2.05, 4.69) is 4.90 Å². The number of hydrogen-bond donors (Lipinski definition) is 1. The average Bonchev–Trinajstić information content (AvgIpc) is 2.85. The van der Waals surface area contributed by atoms with Crippen molar-refractivity contribution in [1.29, 1.82) is 0 Å². The highest BCUT2D eigenvalue weighted by Gasteiger charge is 2.43. The Hall–Kier alpha value is -0.0800. The van der Waals surface area contributed by atoms with Gasteiger partial charge in [0.05, 0.1) is 0 Å². The van der Waals surface area contributed by atoms with Crippen molar-refractivity contribution < 1.29 is 0 Å². The van der Waals surface area contributed by atoms with E-state index in [1.54, 1.807) is 0 Å². The second-order valence-corrected chi connectivity index (χ2v) is 5.15. The molecule has 1 aliphatic carbocycles. The fraction of sp³-hybridized carbons (Fsp3) is 1.00. The van der Waals surface area contributed by atoms with Gasteiger partial charge in [-0.2, -0.15) is 0 Å². The lowest BCUT2D eigenvalue weighted by Crippen LogP contribution is -2.56. The van der Waals surface area contributed by atoms with Gasteiger partial charge in [0.1, 0.15) is 0 Å². The first-order chi connectivity index (χ1) is 6.34. The van der Waals surface area contributed by atoms with Gasteiger partial charge in [0.2, 0.25) is 0 Å². The first kappa shape index (κ1) is 8.25. The molecule has 0 aromatic carbocycles. The second kappa shape index (κ2) is 2.96. The van der Waals surface area contributed by atoms with Crippen LogP contribution in [0.15, 0.2) is 0 Å². The van der Waals surface area contributed by atoms with Crippen molar-refractivity contribution >= 4 is 0 Å².